The van der Waals surface area contributed by atoms with Crippen LogP contribution in [0.4, 0.5) is 4.39 Å². The molecule has 1 aliphatic carbocycles. The van der Waals surface area contributed by atoms with Crippen molar-refractivity contribution in [2.75, 3.05) is 6.54 Å². The molecule has 0 aliphatic heterocycles. The standard InChI is InChI=1S/C14H17FN4/c15-12-7-11(14(8-16)5-1-2-6-14)3-4-13(12)19-10-17-9-18-19/h3-4,7,9-10H,1-2,5-6,8,16H2. The monoisotopic (exact) mass is 260 g/mol. The second-order valence-corrected chi connectivity index (χ2v) is 5.20. The highest BCUT2D eigenvalue weighted by atomic mass is 19.1. The van der Waals surface area contributed by atoms with Crippen molar-refractivity contribution in [3.8, 4) is 5.69 Å². The molecule has 100 valence electrons. The largest absolute Gasteiger partial charge is 0.330 e. The van der Waals surface area contributed by atoms with Crippen molar-refractivity contribution in [1.82, 2.24) is 14.8 Å². The first-order chi connectivity index (χ1) is 9.25. The molecule has 0 spiro atoms. The summed E-state index contributed by atoms with van der Waals surface area (Å²) in [5.41, 5.74) is 7.32. The Kier molecular flexibility index (Phi) is 3.06. The smallest absolute Gasteiger partial charge is 0.149 e. The Hall–Kier alpha value is -1.75. The van der Waals surface area contributed by atoms with Gasteiger partial charge in [-0.2, -0.15) is 5.10 Å². The van der Waals surface area contributed by atoms with E-state index in [9.17, 15) is 4.39 Å². The summed E-state index contributed by atoms with van der Waals surface area (Å²) in [6.07, 6.45) is 7.32. The fourth-order valence-corrected chi connectivity index (χ4v) is 3.02. The maximum Gasteiger partial charge on any atom is 0.149 e. The van der Waals surface area contributed by atoms with Crippen molar-refractivity contribution in [2.24, 2.45) is 5.73 Å². The first-order valence-electron chi connectivity index (χ1n) is 6.60. The van der Waals surface area contributed by atoms with E-state index in [0.717, 1.165) is 18.4 Å². The van der Waals surface area contributed by atoms with Crippen LogP contribution in [0, 0.1) is 5.82 Å². The van der Waals surface area contributed by atoms with Crippen LogP contribution in [0.1, 0.15) is 31.2 Å². The molecule has 19 heavy (non-hydrogen) atoms. The van der Waals surface area contributed by atoms with Crippen LogP contribution in [0.2, 0.25) is 0 Å². The van der Waals surface area contributed by atoms with Crippen LogP contribution in [0.25, 0.3) is 5.69 Å². The molecule has 5 heteroatoms. The second kappa shape index (κ2) is 4.74. The minimum Gasteiger partial charge on any atom is -0.330 e. The van der Waals surface area contributed by atoms with Crippen LogP contribution in [0.5, 0.6) is 0 Å². The first kappa shape index (κ1) is 12.3. The Morgan fingerprint density at radius 3 is 2.68 bits per heavy atom. The number of hydrogen-bond donors (Lipinski definition) is 1. The van der Waals surface area contributed by atoms with E-state index in [1.54, 1.807) is 12.1 Å². The Morgan fingerprint density at radius 2 is 2.11 bits per heavy atom. The summed E-state index contributed by atoms with van der Waals surface area (Å²) >= 11 is 0. The maximum atomic E-state index is 14.2. The van der Waals surface area contributed by atoms with Crippen molar-refractivity contribution in [3.05, 3.63) is 42.2 Å². The molecular formula is C14H17FN4. The first-order valence-corrected chi connectivity index (χ1v) is 6.60. The Labute approximate surface area is 111 Å². The van der Waals surface area contributed by atoms with Gasteiger partial charge in [0.1, 0.15) is 24.2 Å². The van der Waals surface area contributed by atoms with E-state index in [1.807, 2.05) is 6.07 Å². The molecule has 1 aromatic heterocycles. The van der Waals surface area contributed by atoms with Gasteiger partial charge in [-0.05, 0) is 30.5 Å². The second-order valence-electron chi connectivity index (χ2n) is 5.20. The van der Waals surface area contributed by atoms with Gasteiger partial charge in [-0.3, -0.25) is 0 Å². The fourth-order valence-electron chi connectivity index (χ4n) is 3.02. The van der Waals surface area contributed by atoms with Gasteiger partial charge in [0.25, 0.3) is 0 Å². The molecule has 0 amide bonds. The number of halogens is 1. The topological polar surface area (TPSA) is 56.7 Å². The third kappa shape index (κ3) is 2.04. The van der Waals surface area contributed by atoms with E-state index in [1.165, 1.54) is 30.2 Å². The van der Waals surface area contributed by atoms with Gasteiger partial charge in [0.2, 0.25) is 0 Å². The van der Waals surface area contributed by atoms with Crippen LogP contribution in [0.3, 0.4) is 0 Å². The van der Waals surface area contributed by atoms with Gasteiger partial charge in [-0.1, -0.05) is 18.9 Å². The van der Waals surface area contributed by atoms with Crippen LogP contribution in [-0.4, -0.2) is 21.3 Å². The number of hydrogen-bond acceptors (Lipinski definition) is 3. The minimum atomic E-state index is -0.275. The maximum absolute atomic E-state index is 14.2. The summed E-state index contributed by atoms with van der Waals surface area (Å²) < 4.78 is 15.7. The number of aromatic nitrogens is 3. The van der Waals surface area contributed by atoms with Crippen LogP contribution >= 0.6 is 0 Å². The van der Waals surface area contributed by atoms with E-state index < -0.39 is 0 Å². The summed E-state index contributed by atoms with van der Waals surface area (Å²) in [4.78, 5) is 3.83. The fraction of sp³-hybridized carbons (Fsp3) is 0.429. The molecule has 2 N–H and O–H groups in total. The van der Waals surface area contributed by atoms with Gasteiger partial charge in [0.05, 0.1) is 0 Å². The van der Waals surface area contributed by atoms with Gasteiger partial charge >= 0.3 is 0 Å². The van der Waals surface area contributed by atoms with E-state index in [-0.39, 0.29) is 11.2 Å². The number of rotatable bonds is 3. The predicted molar refractivity (Wildman–Crippen MR) is 70.5 cm³/mol. The molecule has 0 saturated heterocycles. The van der Waals surface area contributed by atoms with E-state index in [4.69, 9.17) is 5.73 Å². The van der Waals surface area contributed by atoms with Crippen molar-refractivity contribution < 1.29 is 4.39 Å². The van der Waals surface area contributed by atoms with E-state index in [0.29, 0.717) is 12.2 Å². The highest BCUT2D eigenvalue weighted by Gasteiger charge is 2.34. The van der Waals surface area contributed by atoms with Gasteiger partial charge in [0.15, 0.2) is 0 Å². The Balaban J connectivity index is 2.00. The molecule has 1 fully saturated rings. The van der Waals surface area contributed by atoms with Crippen molar-refractivity contribution in [1.29, 1.82) is 0 Å². The van der Waals surface area contributed by atoms with E-state index >= 15 is 0 Å². The molecule has 0 bridgehead atoms. The zero-order valence-corrected chi connectivity index (χ0v) is 10.7. The predicted octanol–water partition coefficient (Wildman–Crippen LogP) is 2.18. The highest BCUT2D eigenvalue weighted by molar-refractivity contribution is 5.39. The summed E-state index contributed by atoms with van der Waals surface area (Å²) in [5.74, 6) is -0.275. The molecule has 1 aliphatic rings. The lowest BCUT2D eigenvalue weighted by Crippen LogP contribution is -2.32. The number of benzene rings is 1. The molecule has 0 radical (unpaired) electrons. The summed E-state index contributed by atoms with van der Waals surface area (Å²) in [6.45, 7) is 0.578. The summed E-state index contributed by atoms with van der Waals surface area (Å²) in [7, 11) is 0. The molecule has 1 aromatic carbocycles. The lowest BCUT2D eigenvalue weighted by atomic mass is 9.79. The SMILES string of the molecule is NCC1(c2ccc(-n3cncn3)c(F)c2)CCCC1. The summed E-state index contributed by atoms with van der Waals surface area (Å²) in [6, 6.07) is 5.34. The lowest BCUT2D eigenvalue weighted by molar-refractivity contribution is 0.449. The Morgan fingerprint density at radius 1 is 1.32 bits per heavy atom. The average molecular weight is 260 g/mol. The molecule has 2 aromatic rings. The third-order valence-electron chi connectivity index (χ3n) is 4.18. The number of nitrogens with two attached hydrogens (primary N) is 1. The molecular weight excluding hydrogens is 243 g/mol. The minimum absolute atomic E-state index is 0.0399. The van der Waals surface area contributed by atoms with Gasteiger partial charge < -0.3 is 5.73 Å². The quantitative estimate of drug-likeness (QED) is 0.920. The van der Waals surface area contributed by atoms with Crippen molar-refractivity contribution >= 4 is 0 Å². The third-order valence-corrected chi connectivity index (χ3v) is 4.18. The zero-order valence-electron chi connectivity index (χ0n) is 10.7. The zero-order chi connectivity index (χ0) is 13.3. The molecule has 4 nitrogen and oxygen atoms in total. The van der Waals surface area contributed by atoms with Crippen LogP contribution < -0.4 is 5.73 Å². The van der Waals surface area contributed by atoms with Gasteiger partial charge in [-0.25, -0.2) is 14.1 Å². The molecule has 3 rings (SSSR count). The van der Waals surface area contributed by atoms with Gasteiger partial charge in [-0.15, -0.1) is 0 Å². The molecule has 1 saturated carbocycles. The van der Waals surface area contributed by atoms with Crippen LogP contribution in [0.15, 0.2) is 30.9 Å². The van der Waals surface area contributed by atoms with E-state index in [2.05, 4.69) is 10.1 Å². The Bertz CT molecular complexity index is 559. The van der Waals surface area contributed by atoms with Gasteiger partial charge in [0, 0.05) is 12.0 Å². The number of nitrogens with zero attached hydrogens (tertiary/aromatic N) is 3. The van der Waals surface area contributed by atoms with Crippen LogP contribution in [-0.2, 0) is 5.41 Å². The normalized spacial score (nSPS) is 17.8. The van der Waals surface area contributed by atoms with Crippen molar-refractivity contribution in [3.63, 3.8) is 0 Å². The average Bonchev–Trinajstić information content (AvgIpc) is 3.11. The highest BCUT2D eigenvalue weighted by Crippen LogP contribution is 2.40. The summed E-state index contributed by atoms with van der Waals surface area (Å²) in [5, 5.41) is 3.95. The van der Waals surface area contributed by atoms with Crippen molar-refractivity contribution in [2.45, 2.75) is 31.1 Å². The molecule has 0 unspecified atom stereocenters. The lowest BCUT2D eigenvalue weighted by Gasteiger charge is -2.28. The molecule has 1 heterocycles. The molecule has 0 atom stereocenters.